The Labute approximate surface area is 156 Å². The fourth-order valence-corrected chi connectivity index (χ4v) is 3.11. The minimum atomic E-state index is -1.61. The molecule has 0 saturated carbocycles. The molecular weight excluding hydrogens is 386 g/mol. The number of amides is 1. The Hall–Kier alpha value is -2.19. The summed E-state index contributed by atoms with van der Waals surface area (Å²) in [6.45, 7) is 1.08. The maximum Gasteiger partial charge on any atom is 0.265 e. The molecular formula is C17H15ClF2N2O3S. The molecule has 1 aliphatic heterocycles. The fraction of sp³-hybridized carbons (Fsp3) is 0.235. The first-order valence-electron chi connectivity index (χ1n) is 7.64. The van der Waals surface area contributed by atoms with E-state index in [0.717, 1.165) is 17.8 Å². The number of carbonyl (C=O) groups excluding carboxylic acids is 1. The van der Waals surface area contributed by atoms with Crippen LogP contribution in [-0.2, 0) is 11.0 Å². The molecule has 0 aliphatic carbocycles. The van der Waals surface area contributed by atoms with Crippen molar-refractivity contribution in [1.29, 1.82) is 0 Å². The third kappa shape index (κ3) is 4.13. The first kappa shape index (κ1) is 18.6. The largest absolute Gasteiger partial charge is 0.485 e. The van der Waals surface area contributed by atoms with Gasteiger partial charge in [-0.3, -0.25) is 9.52 Å². The lowest BCUT2D eigenvalue weighted by atomic mass is 10.1. The van der Waals surface area contributed by atoms with Gasteiger partial charge in [-0.2, -0.15) is 0 Å². The van der Waals surface area contributed by atoms with Crippen molar-refractivity contribution in [2.75, 3.05) is 24.2 Å². The number of rotatable bonds is 5. The third-order valence-corrected chi connectivity index (χ3v) is 4.60. The van der Waals surface area contributed by atoms with Gasteiger partial charge in [0.25, 0.3) is 5.91 Å². The molecule has 2 aromatic rings. The van der Waals surface area contributed by atoms with Crippen molar-refractivity contribution >= 4 is 34.2 Å². The van der Waals surface area contributed by atoms with Crippen molar-refractivity contribution in [1.82, 2.24) is 4.72 Å². The topological polar surface area (TPSA) is 58.6 Å². The second-order valence-corrected chi connectivity index (χ2v) is 7.29. The maximum atomic E-state index is 14.1. The summed E-state index contributed by atoms with van der Waals surface area (Å²) in [6.07, 6.45) is 1.05. The van der Waals surface area contributed by atoms with Gasteiger partial charge in [0.05, 0.1) is 23.7 Å². The van der Waals surface area contributed by atoms with Crippen LogP contribution in [0.15, 0.2) is 36.4 Å². The second kappa shape index (κ2) is 7.59. The van der Waals surface area contributed by atoms with Crippen LogP contribution in [0, 0.1) is 11.6 Å². The van der Waals surface area contributed by atoms with Crippen LogP contribution in [0.4, 0.5) is 14.5 Å². The zero-order chi connectivity index (χ0) is 18.8. The van der Waals surface area contributed by atoms with E-state index >= 15 is 0 Å². The summed E-state index contributed by atoms with van der Waals surface area (Å²) < 4.78 is 45.9. The van der Waals surface area contributed by atoms with Crippen LogP contribution in [0.1, 0.15) is 10.4 Å². The molecule has 1 heterocycles. The number of carbonyl (C=O) groups is 1. The van der Waals surface area contributed by atoms with E-state index in [1.54, 1.807) is 12.1 Å². The molecule has 3 rings (SSSR count). The molecule has 1 N–H and O–H groups in total. The molecule has 0 spiro atoms. The summed E-state index contributed by atoms with van der Waals surface area (Å²) >= 11 is 6.08. The van der Waals surface area contributed by atoms with Crippen LogP contribution in [-0.4, -0.2) is 35.6 Å². The van der Waals surface area contributed by atoms with Crippen molar-refractivity contribution in [3.05, 3.63) is 58.6 Å². The van der Waals surface area contributed by atoms with E-state index in [2.05, 4.69) is 4.72 Å². The Morgan fingerprint density at radius 3 is 2.54 bits per heavy atom. The van der Waals surface area contributed by atoms with Crippen molar-refractivity contribution < 1.29 is 22.5 Å². The quantitative estimate of drug-likeness (QED) is 0.838. The number of ether oxygens (including phenoxy) is 1. The smallest absolute Gasteiger partial charge is 0.265 e. The zero-order valence-corrected chi connectivity index (χ0v) is 15.2. The van der Waals surface area contributed by atoms with Crippen molar-refractivity contribution in [3.8, 4) is 5.75 Å². The van der Waals surface area contributed by atoms with Gasteiger partial charge in [-0.05, 0) is 30.3 Å². The molecule has 9 heteroatoms. The molecule has 26 heavy (non-hydrogen) atoms. The zero-order valence-electron chi connectivity index (χ0n) is 13.7. The first-order valence-corrected chi connectivity index (χ1v) is 9.57. The Morgan fingerprint density at radius 1 is 1.27 bits per heavy atom. The molecule has 1 amide bonds. The van der Waals surface area contributed by atoms with Crippen molar-refractivity contribution in [2.24, 2.45) is 0 Å². The van der Waals surface area contributed by atoms with E-state index in [4.69, 9.17) is 16.3 Å². The minimum absolute atomic E-state index is 0.0821. The number of hydrogen-bond donors (Lipinski definition) is 1. The lowest BCUT2D eigenvalue weighted by molar-refractivity contribution is 0.0979. The van der Waals surface area contributed by atoms with Gasteiger partial charge >= 0.3 is 0 Å². The van der Waals surface area contributed by atoms with Gasteiger partial charge in [-0.25, -0.2) is 13.0 Å². The second-order valence-electron chi connectivity index (χ2n) is 5.77. The van der Waals surface area contributed by atoms with Gasteiger partial charge in [0, 0.05) is 18.0 Å². The maximum absolute atomic E-state index is 14.1. The van der Waals surface area contributed by atoms with Crippen LogP contribution in [0.5, 0.6) is 5.75 Å². The van der Waals surface area contributed by atoms with E-state index in [0.29, 0.717) is 13.1 Å². The van der Waals surface area contributed by atoms with Gasteiger partial charge in [-0.15, -0.1) is 0 Å². The van der Waals surface area contributed by atoms with Crippen LogP contribution in [0.25, 0.3) is 0 Å². The average molecular weight is 401 g/mol. The molecule has 1 atom stereocenters. The van der Waals surface area contributed by atoms with Crippen LogP contribution in [0.2, 0.25) is 5.02 Å². The van der Waals surface area contributed by atoms with Crippen molar-refractivity contribution in [2.45, 2.75) is 6.10 Å². The highest BCUT2D eigenvalue weighted by molar-refractivity contribution is 7.82. The Morgan fingerprint density at radius 2 is 1.92 bits per heavy atom. The molecule has 1 fully saturated rings. The molecule has 1 unspecified atom stereocenters. The summed E-state index contributed by atoms with van der Waals surface area (Å²) in [4.78, 5) is 13.8. The fourth-order valence-electron chi connectivity index (χ4n) is 2.53. The molecule has 0 bridgehead atoms. The molecule has 1 saturated heterocycles. The molecule has 0 aromatic heterocycles. The summed E-state index contributed by atoms with van der Waals surface area (Å²) in [5.41, 5.74) is 0.558. The standard InChI is InChI=1S/C17H15ClF2N2O3S/c1-26(24)21-17(23)13-6-14(18)16(7-15(13)20)25-12-8-22(9-12)11-4-2-10(19)3-5-11/h2-7,12H,8-9H2,1H3,(H,21,23). The molecule has 138 valence electrons. The Kier molecular flexibility index (Phi) is 5.43. The first-order chi connectivity index (χ1) is 12.3. The number of halogens is 3. The summed E-state index contributed by atoms with van der Waals surface area (Å²) in [6, 6.07) is 8.28. The summed E-state index contributed by atoms with van der Waals surface area (Å²) in [7, 11) is -1.61. The van der Waals surface area contributed by atoms with Crippen LogP contribution < -0.4 is 14.4 Å². The van der Waals surface area contributed by atoms with E-state index < -0.39 is 22.7 Å². The normalized spacial score (nSPS) is 15.3. The van der Waals surface area contributed by atoms with Gasteiger partial charge < -0.3 is 9.64 Å². The van der Waals surface area contributed by atoms with Crippen LogP contribution >= 0.6 is 11.6 Å². The number of hydrogen-bond acceptors (Lipinski definition) is 4. The lowest BCUT2D eigenvalue weighted by Gasteiger charge is -2.40. The van der Waals surface area contributed by atoms with E-state index in [1.807, 2.05) is 4.90 Å². The van der Waals surface area contributed by atoms with Gasteiger partial charge in [0.1, 0.15) is 34.5 Å². The van der Waals surface area contributed by atoms with Crippen molar-refractivity contribution in [3.63, 3.8) is 0 Å². The highest BCUT2D eigenvalue weighted by Gasteiger charge is 2.30. The van der Waals surface area contributed by atoms with E-state index in [-0.39, 0.29) is 28.3 Å². The molecule has 1 aliphatic rings. The highest BCUT2D eigenvalue weighted by atomic mass is 35.5. The third-order valence-electron chi connectivity index (χ3n) is 3.84. The average Bonchev–Trinajstić information content (AvgIpc) is 2.53. The monoisotopic (exact) mass is 400 g/mol. The number of benzene rings is 2. The number of anilines is 1. The Balaban J connectivity index is 1.64. The molecule has 5 nitrogen and oxygen atoms in total. The minimum Gasteiger partial charge on any atom is -0.485 e. The molecule has 0 radical (unpaired) electrons. The molecule has 2 aromatic carbocycles. The van der Waals surface area contributed by atoms with Gasteiger partial charge in [0.15, 0.2) is 0 Å². The Bertz CT molecular complexity index is 858. The van der Waals surface area contributed by atoms with E-state index in [9.17, 15) is 17.8 Å². The highest BCUT2D eigenvalue weighted by Crippen LogP contribution is 2.31. The number of nitrogens with one attached hydrogen (secondary N) is 1. The van der Waals surface area contributed by atoms with Gasteiger partial charge in [0.2, 0.25) is 0 Å². The van der Waals surface area contributed by atoms with Gasteiger partial charge in [-0.1, -0.05) is 11.6 Å². The summed E-state index contributed by atoms with van der Waals surface area (Å²) in [5, 5.41) is 0.0821. The van der Waals surface area contributed by atoms with E-state index in [1.165, 1.54) is 18.4 Å². The summed E-state index contributed by atoms with van der Waals surface area (Å²) in [5.74, 6) is -1.81. The predicted molar refractivity (Wildman–Crippen MR) is 96.0 cm³/mol. The van der Waals surface area contributed by atoms with Crippen LogP contribution in [0.3, 0.4) is 0 Å². The predicted octanol–water partition coefficient (Wildman–Crippen LogP) is 2.91. The lowest BCUT2D eigenvalue weighted by Crippen LogP contribution is -2.54. The number of nitrogens with zero attached hydrogens (tertiary/aromatic N) is 1. The SMILES string of the molecule is CS(=O)NC(=O)c1cc(Cl)c(OC2CN(c3ccc(F)cc3)C2)cc1F.